The van der Waals surface area contributed by atoms with Gasteiger partial charge in [0.2, 0.25) is 0 Å². The number of rotatable bonds is 12. The number of methoxy groups -OCH3 is 3. The van der Waals surface area contributed by atoms with E-state index in [9.17, 15) is 0 Å². The van der Waals surface area contributed by atoms with E-state index in [-0.39, 0.29) is 0 Å². The molecule has 4 aromatic rings. The third-order valence-electron chi connectivity index (χ3n) is 16.8. The van der Waals surface area contributed by atoms with E-state index in [2.05, 4.69) is 108 Å². The summed E-state index contributed by atoms with van der Waals surface area (Å²) >= 11 is 0. The van der Waals surface area contributed by atoms with Gasteiger partial charge in [0, 0.05) is 5.30 Å². The van der Waals surface area contributed by atoms with Gasteiger partial charge in [0.15, 0.2) is 0 Å². The molecular weight excluding hydrogens is 752 g/mol. The second-order valence-corrected chi connectivity index (χ2v) is 24.8. The van der Waals surface area contributed by atoms with Gasteiger partial charge in [-0.2, -0.15) is 0 Å². The van der Waals surface area contributed by atoms with Crippen molar-refractivity contribution >= 4 is 13.2 Å². The summed E-state index contributed by atoms with van der Waals surface area (Å²) < 4.78 is 18.4. The van der Waals surface area contributed by atoms with Gasteiger partial charge in [-0.15, -0.1) is 0 Å². The first-order valence-corrected chi connectivity index (χ1v) is 25.3. The fourth-order valence-corrected chi connectivity index (χ4v) is 21.2. The van der Waals surface area contributed by atoms with Crippen LogP contribution in [-0.2, 0) is 0 Å². The van der Waals surface area contributed by atoms with Gasteiger partial charge in [0.1, 0.15) is 17.2 Å². The molecule has 0 saturated heterocycles. The van der Waals surface area contributed by atoms with Crippen LogP contribution in [0.1, 0.15) is 153 Å². The first-order chi connectivity index (χ1) is 28.9. The van der Waals surface area contributed by atoms with E-state index in [1.165, 1.54) is 133 Å². The van der Waals surface area contributed by atoms with Gasteiger partial charge >= 0.3 is 0 Å². The van der Waals surface area contributed by atoms with Crippen LogP contribution in [0.3, 0.4) is 0 Å². The molecule has 0 aliphatic heterocycles. The highest BCUT2D eigenvalue weighted by atomic mass is 31.1. The Morgan fingerprint density at radius 3 is 1.12 bits per heavy atom. The standard InChI is InChI=1S/C56H71O3P/c1-33(2)48-51(42-13-17-44(57-7)18-14-42)49(34(3)4)53(50(35(5)6)52(48)43-15-19-45(58-8)20-16-43)46-11-10-12-47(59-9)54(46)60(55-27-36-21-37(28-55)23-38(22-36)29-55)56-30-39-24-40(31-56)26-41(25-39)32-56/h10-20,33-41H,21-32H2,1-9H3. The lowest BCUT2D eigenvalue weighted by atomic mass is 9.55. The van der Waals surface area contributed by atoms with Crippen molar-refractivity contribution in [3.8, 4) is 50.6 Å². The highest BCUT2D eigenvalue weighted by Crippen LogP contribution is 2.79. The predicted octanol–water partition coefficient (Wildman–Crippen LogP) is 15.1. The maximum absolute atomic E-state index is 6.85. The van der Waals surface area contributed by atoms with Crippen LogP contribution < -0.4 is 19.5 Å². The zero-order valence-corrected chi connectivity index (χ0v) is 39.1. The van der Waals surface area contributed by atoms with E-state index in [1.54, 1.807) is 19.5 Å². The van der Waals surface area contributed by atoms with Gasteiger partial charge < -0.3 is 14.2 Å². The predicted molar refractivity (Wildman–Crippen MR) is 253 cm³/mol. The van der Waals surface area contributed by atoms with Crippen molar-refractivity contribution in [3.63, 3.8) is 0 Å². The van der Waals surface area contributed by atoms with Crippen molar-refractivity contribution in [2.24, 2.45) is 35.5 Å². The average Bonchev–Trinajstić information content (AvgIpc) is 3.21. The summed E-state index contributed by atoms with van der Waals surface area (Å²) in [5, 5.41) is 2.47. The maximum Gasteiger partial charge on any atom is 0.127 e. The molecule has 8 aliphatic rings. The van der Waals surface area contributed by atoms with Crippen molar-refractivity contribution in [1.82, 2.24) is 0 Å². The molecule has 0 radical (unpaired) electrons. The molecule has 4 heteroatoms. The van der Waals surface area contributed by atoms with E-state index in [0.29, 0.717) is 28.1 Å². The maximum atomic E-state index is 6.85. The summed E-state index contributed by atoms with van der Waals surface area (Å²) in [6.07, 6.45) is 17.7. The summed E-state index contributed by atoms with van der Waals surface area (Å²) in [5.74, 6) is 9.36. The molecule has 8 aliphatic carbocycles. The lowest BCUT2D eigenvalue weighted by Gasteiger charge is -2.67. The van der Waals surface area contributed by atoms with Crippen LogP contribution in [0.15, 0.2) is 66.7 Å². The van der Waals surface area contributed by atoms with Crippen molar-refractivity contribution in [3.05, 3.63) is 83.4 Å². The first kappa shape index (κ1) is 40.8. The summed E-state index contributed by atoms with van der Waals surface area (Å²) in [6, 6.07) is 25.3. The van der Waals surface area contributed by atoms with E-state index in [0.717, 1.165) is 47.0 Å². The van der Waals surface area contributed by atoms with E-state index < -0.39 is 7.92 Å². The Bertz CT molecular complexity index is 2030. The minimum atomic E-state index is -0.558. The van der Waals surface area contributed by atoms with Gasteiger partial charge in [-0.1, -0.05) is 85.9 Å². The Morgan fingerprint density at radius 2 is 0.800 bits per heavy atom. The minimum Gasteiger partial charge on any atom is -0.497 e. The molecule has 0 unspecified atom stereocenters. The molecule has 0 spiro atoms. The lowest BCUT2D eigenvalue weighted by molar-refractivity contribution is 0.0195. The summed E-state index contributed by atoms with van der Waals surface area (Å²) in [5.41, 5.74) is 12.8. The molecular formula is C56H71O3P. The molecule has 318 valence electrons. The third-order valence-corrected chi connectivity index (χ3v) is 20.7. The molecule has 0 aromatic heterocycles. The van der Waals surface area contributed by atoms with Gasteiger partial charge in [-0.25, -0.2) is 0 Å². The van der Waals surface area contributed by atoms with Gasteiger partial charge in [0.05, 0.1) is 21.3 Å². The van der Waals surface area contributed by atoms with Crippen LogP contribution in [0.5, 0.6) is 17.2 Å². The molecule has 4 aromatic carbocycles. The summed E-state index contributed by atoms with van der Waals surface area (Å²) in [7, 11) is 5.00. The fraction of sp³-hybridized carbons (Fsp3) is 0.571. The average molecular weight is 823 g/mol. The van der Waals surface area contributed by atoms with E-state index in [1.807, 2.05) is 7.11 Å². The zero-order chi connectivity index (χ0) is 41.7. The lowest BCUT2D eigenvalue weighted by Crippen LogP contribution is -2.58. The van der Waals surface area contributed by atoms with Crippen molar-refractivity contribution in [1.29, 1.82) is 0 Å². The van der Waals surface area contributed by atoms with Gasteiger partial charge in [-0.3, -0.25) is 0 Å². The molecule has 8 fully saturated rings. The fourth-order valence-electron chi connectivity index (χ4n) is 15.7. The Balaban J connectivity index is 1.34. The molecule has 0 N–H and O–H groups in total. The van der Waals surface area contributed by atoms with E-state index in [4.69, 9.17) is 14.2 Å². The Hall–Kier alpha value is -3.29. The molecule has 12 rings (SSSR count). The second-order valence-electron chi connectivity index (χ2n) is 21.8. The van der Waals surface area contributed by atoms with Crippen LogP contribution in [0, 0.1) is 35.5 Å². The van der Waals surface area contributed by atoms with Crippen molar-refractivity contribution in [2.75, 3.05) is 21.3 Å². The van der Waals surface area contributed by atoms with Crippen molar-refractivity contribution < 1.29 is 14.2 Å². The molecule has 8 saturated carbocycles. The first-order valence-electron chi connectivity index (χ1n) is 23.9. The number of ether oxygens (including phenoxy) is 3. The molecule has 3 nitrogen and oxygen atoms in total. The topological polar surface area (TPSA) is 27.7 Å². The van der Waals surface area contributed by atoms with E-state index >= 15 is 0 Å². The Labute approximate surface area is 363 Å². The Morgan fingerprint density at radius 1 is 0.450 bits per heavy atom. The second kappa shape index (κ2) is 15.5. The number of hydrogen-bond donors (Lipinski definition) is 0. The highest BCUT2D eigenvalue weighted by Gasteiger charge is 2.64. The largest absolute Gasteiger partial charge is 0.497 e. The van der Waals surface area contributed by atoms with Crippen LogP contribution >= 0.6 is 7.92 Å². The molecule has 0 heterocycles. The minimum absolute atomic E-state index is 0.293. The quantitative estimate of drug-likeness (QED) is 0.133. The van der Waals surface area contributed by atoms with Gasteiger partial charge in [-0.05, 0) is 221 Å². The Kier molecular flexibility index (Phi) is 10.5. The highest BCUT2D eigenvalue weighted by molar-refractivity contribution is 7.69. The van der Waals surface area contributed by atoms with Crippen LogP contribution in [-0.4, -0.2) is 31.6 Å². The molecule has 8 bridgehead atoms. The molecule has 0 amide bonds. The normalized spacial score (nSPS) is 30.5. The van der Waals surface area contributed by atoms with Gasteiger partial charge in [0.25, 0.3) is 0 Å². The monoisotopic (exact) mass is 823 g/mol. The smallest absolute Gasteiger partial charge is 0.127 e. The zero-order valence-electron chi connectivity index (χ0n) is 38.2. The summed E-state index contributed by atoms with van der Waals surface area (Å²) in [6.45, 7) is 14.7. The molecule has 0 atom stereocenters. The van der Waals surface area contributed by atoms with Crippen LogP contribution in [0.25, 0.3) is 33.4 Å². The van der Waals surface area contributed by atoms with Crippen LogP contribution in [0.4, 0.5) is 0 Å². The third kappa shape index (κ3) is 6.59. The summed E-state index contributed by atoms with van der Waals surface area (Å²) in [4.78, 5) is 0. The molecule has 60 heavy (non-hydrogen) atoms. The number of benzene rings is 4. The number of hydrogen-bond acceptors (Lipinski definition) is 3. The van der Waals surface area contributed by atoms with Crippen molar-refractivity contribution in [2.45, 2.75) is 147 Å². The SMILES string of the molecule is COc1ccc(-c2c(C(C)C)c(-c3ccc(OC)cc3)c(C(C)C)c(-c3cccc(OC)c3P(C34CC5CC(CC(C5)C3)C4)C34CC5CC(CC(C5)C3)C4)c2C(C)C)cc1. The van der Waals surface area contributed by atoms with Crippen LogP contribution in [0.2, 0.25) is 0 Å².